The number of nitrogens with one attached hydrogen (secondary N) is 3. The van der Waals surface area contributed by atoms with E-state index in [1.165, 1.54) is 30.2 Å². The molecule has 4 fully saturated rings. The molecule has 0 radical (unpaired) electrons. The van der Waals surface area contributed by atoms with Gasteiger partial charge in [-0.15, -0.1) is 6.58 Å². The number of nitrogens with zero attached hydrogens (tertiary/aromatic N) is 1. The summed E-state index contributed by atoms with van der Waals surface area (Å²) >= 11 is 0. The highest BCUT2D eigenvalue weighted by molar-refractivity contribution is 7.91. The normalized spacial score (nSPS) is 26.1. The van der Waals surface area contributed by atoms with E-state index in [-0.39, 0.29) is 31.3 Å². The quantitative estimate of drug-likeness (QED) is 0.255. The second kappa shape index (κ2) is 14.7. The van der Waals surface area contributed by atoms with Crippen LogP contribution in [0.2, 0.25) is 0 Å². The predicted molar refractivity (Wildman–Crippen MR) is 200 cm³/mol. The molecule has 5 atom stereocenters. The molecule has 4 amide bonds. The van der Waals surface area contributed by atoms with Gasteiger partial charge in [-0.25, -0.2) is 17.6 Å². The molecular weight excluding hydrogens is 716 g/mol. The SMILES string of the molecule is C=C[C@@H]1C[C@]1(NC(=O)[C@@H]1C[C@@](OC)(c2ccc(-c3ccc(F)cc3C)cc2)CN1C(=O)[C@@H](NC(=O)OC1CCCC1)C(C)(C)C)C(=O)NS(=O)(=O)C1CC1. The second-order valence-corrected chi connectivity index (χ2v) is 18.3. The summed E-state index contributed by atoms with van der Waals surface area (Å²) < 4.78 is 53.4. The lowest BCUT2D eigenvalue weighted by Crippen LogP contribution is -2.60. The van der Waals surface area contributed by atoms with Crippen LogP contribution in [0.5, 0.6) is 0 Å². The Kier molecular flexibility index (Phi) is 10.8. The maximum Gasteiger partial charge on any atom is 0.408 e. The third-order valence-electron chi connectivity index (χ3n) is 11.4. The number of sulfonamides is 1. The highest BCUT2D eigenvalue weighted by atomic mass is 32.2. The Morgan fingerprint density at radius 3 is 2.24 bits per heavy atom. The van der Waals surface area contributed by atoms with E-state index in [0.717, 1.165) is 42.4 Å². The number of methoxy groups -OCH3 is 1. The topological polar surface area (TPSA) is 160 Å². The fraction of sp³-hybridized carbons (Fsp3) is 0.550. The number of likely N-dealkylation sites (tertiary alicyclic amines) is 1. The molecule has 54 heavy (non-hydrogen) atoms. The zero-order chi connectivity index (χ0) is 39.2. The van der Waals surface area contributed by atoms with Crippen molar-refractivity contribution in [1.29, 1.82) is 0 Å². The largest absolute Gasteiger partial charge is 0.446 e. The Morgan fingerprint density at radius 1 is 1.02 bits per heavy atom. The molecule has 3 aliphatic carbocycles. The minimum absolute atomic E-state index is 0.0177. The summed E-state index contributed by atoms with van der Waals surface area (Å²) in [7, 11) is -2.42. The summed E-state index contributed by atoms with van der Waals surface area (Å²) in [5.74, 6) is -2.95. The molecule has 1 saturated heterocycles. The molecule has 1 heterocycles. The van der Waals surface area contributed by atoms with Gasteiger partial charge in [-0.05, 0) is 91.7 Å². The first-order valence-electron chi connectivity index (χ1n) is 18.6. The lowest BCUT2D eigenvalue weighted by Gasteiger charge is -2.36. The molecule has 12 nitrogen and oxygen atoms in total. The van der Waals surface area contributed by atoms with Crippen LogP contribution in [0.25, 0.3) is 11.1 Å². The van der Waals surface area contributed by atoms with E-state index >= 15 is 0 Å². The molecule has 6 rings (SSSR count). The molecule has 2 aromatic carbocycles. The fourth-order valence-electron chi connectivity index (χ4n) is 7.86. The summed E-state index contributed by atoms with van der Waals surface area (Å²) in [4.78, 5) is 57.3. The van der Waals surface area contributed by atoms with Gasteiger partial charge in [0.25, 0.3) is 5.91 Å². The highest BCUT2D eigenvalue weighted by Crippen LogP contribution is 2.47. The summed E-state index contributed by atoms with van der Waals surface area (Å²) in [6.07, 6.45) is 4.95. The molecule has 3 saturated carbocycles. The molecule has 0 spiro atoms. The molecular formula is C40H51FN4O8S. The van der Waals surface area contributed by atoms with Crippen LogP contribution < -0.4 is 15.4 Å². The third-order valence-corrected chi connectivity index (χ3v) is 13.2. The highest BCUT2D eigenvalue weighted by Gasteiger charge is 2.62. The van der Waals surface area contributed by atoms with E-state index < -0.39 is 73.6 Å². The van der Waals surface area contributed by atoms with Gasteiger partial charge in [-0.2, -0.15) is 0 Å². The number of hydrogen-bond acceptors (Lipinski definition) is 8. The van der Waals surface area contributed by atoms with Crippen LogP contribution in [0.3, 0.4) is 0 Å². The number of carbonyl (C=O) groups is 4. The van der Waals surface area contributed by atoms with Gasteiger partial charge in [0.15, 0.2) is 0 Å². The average molecular weight is 767 g/mol. The Labute approximate surface area is 316 Å². The molecule has 292 valence electrons. The number of carbonyl (C=O) groups excluding carboxylic acids is 4. The van der Waals surface area contributed by atoms with E-state index in [1.807, 2.05) is 31.2 Å². The number of alkyl carbamates (subject to hydrolysis) is 1. The molecule has 4 aliphatic rings. The van der Waals surface area contributed by atoms with E-state index in [4.69, 9.17) is 9.47 Å². The average Bonchev–Trinajstić information content (AvgIpc) is 4.00. The molecule has 0 aromatic heterocycles. The smallest absolute Gasteiger partial charge is 0.408 e. The molecule has 0 bridgehead atoms. The monoisotopic (exact) mass is 766 g/mol. The number of halogens is 1. The van der Waals surface area contributed by atoms with Crippen molar-refractivity contribution in [1.82, 2.24) is 20.3 Å². The van der Waals surface area contributed by atoms with Gasteiger partial charge in [0.1, 0.15) is 35.1 Å². The van der Waals surface area contributed by atoms with Gasteiger partial charge in [-0.1, -0.05) is 57.2 Å². The molecule has 2 aromatic rings. The van der Waals surface area contributed by atoms with Crippen LogP contribution in [-0.2, 0) is 39.5 Å². The summed E-state index contributed by atoms with van der Waals surface area (Å²) in [5, 5.41) is 4.95. The van der Waals surface area contributed by atoms with Gasteiger partial charge in [-0.3, -0.25) is 19.1 Å². The first-order valence-corrected chi connectivity index (χ1v) is 20.2. The molecule has 14 heteroatoms. The van der Waals surface area contributed by atoms with Crippen LogP contribution >= 0.6 is 0 Å². The van der Waals surface area contributed by atoms with Crippen LogP contribution in [0.1, 0.15) is 83.3 Å². The van der Waals surface area contributed by atoms with E-state index in [1.54, 1.807) is 26.8 Å². The Bertz CT molecular complexity index is 1920. The Balaban J connectivity index is 1.32. The zero-order valence-corrected chi connectivity index (χ0v) is 32.4. The molecule has 0 unspecified atom stereocenters. The molecule has 1 aliphatic heterocycles. The van der Waals surface area contributed by atoms with Gasteiger partial charge in [0, 0.05) is 19.4 Å². The number of rotatable bonds is 12. The predicted octanol–water partition coefficient (Wildman–Crippen LogP) is 5.00. The maximum absolute atomic E-state index is 14.7. The second-order valence-electron chi connectivity index (χ2n) is 16.4. The van der Waals surface area contributed by atoms with Crippen LogP contribution in [0.15, 0.2) is 55.1 Å². The van der Waals surface area contributed by atoms with Crippen molar-refractivity contribution in [3.05, 3.63) is 72.1 Å². The van der Waals surface area contributed by atoms with Gasteiger partial charge in [0.05, 0.1) is 11.8 Å². The lowest BCUT2D eigenvalue weighted by atomic mass is 9.85. The van der Waals surface area contributed by atoms with Crippen molar-refractivity contribution in [3.63, 3.8) is 0 Å². The first-order chi connectivity index (χ1) is 25.4. The minimum atomic E-state index is -3.92. The standard InChI is InChI=1S/C40H51FN4O8S/c1-7-26-21-40(26,36(48)44-54(50,51)30-17-18-30)43-34(46)32-22-39(52-6,27-14-12-25(13-15-27)31-19-16-28(41)20-24(31)2)23-45(32)35(47)33(38(3,4)5)42-37(49)53-29-10-8-9-11-29/h7,12-16,19-20,26,29-30,32-33H,1,8-11,17-18,21-23H2,2-6H3,(H,42,49)(H,43,46)(H,44,48)/t26-,32+,33-,39+,40-/m1/s1. The van der Waals surface area contributed by atoms with Crippen LogP contribution in [0.4, 0.5) is 9.18 Å². The number of hydrogen-bond donors (Lipinski definition) is 3. The van der Waals surface area contributed by atoms with Crippen molar-refractivity contribution in [3.8, 4) is 11.1 Å². The Morgan fingerprint density at radius 2 is 1.69 bits per heavy atom. The third kappa shape index (κ3) is 7.91. The van der Waals surface area contributed by atoms with Gasteiger partial charge >= 0.3 is 6.09 Å². The van der Waals surface area contributed by atoms with Crippen LogP contribution in [0, 0.1) is 24.1 Å². The van der Waals surface area contributed by atoms with E-state index in [2.05, 4.69) is 21.9 Å². The lowest BCUT2D eigenvalue weighted by molar-refractivity contribution is -0.143. The number of aryl methyl sites for hydroxylation is 1. The molecule has 3 N–H and O–H groups in total. The van der Waals surface area contributed by atoms with Gasteiger partial charge in [0.2, 0.25) is 21.8 Å². The number of benzene rings is 2. The van der Waals surface area contributed by atoms with Gasteiger partial charge < -0.3 is 25.0 Å². The van der Waals surface area contributed by atoms with E-state index in [0.29, 0.717) is 18.4 Å². The minimum Gasteiger partial charge on any atom is -0.446 e. The van der Waals surface area contributed by atoms with Crippen molar-refractivity contribution >= 4 is 33.8 Å². The summed E-state index contributed by atoms with van der Waals surface area (Å²) in [5.41, 5.74) is -0.497. The van der Waals surface area contributed by atoms with Crippen LogP contribution in [-0.4, -0.2) is 79.8 Å². The number of ether oxygens (including phenoxy) is 2. The van der Waals surface area contributed by atoms with E-state index in [9.17, 15) is 32.0 Å². The van der Waals surface area contributed by atoms with Crippen molar-refractivity contribution in [2.24, 2.45) is 11.3 Å². The zero-order valence-electron chi connectivity index (χ0n) is 31.6. The Hall–Kier alpha value is -4.30. The first kappa shape index (κ1) is 39.4. The summed E-state index contributed by atoms with van der Waals surface area (Å²) in [6.45, 7) is 10.9. The van der Waals surface area contributed by atoms with Crippen molar-refractivity contribution in [2.45, 2.75) is 114 Å². The van der Waals surface area contributed by atoms with Crippen molar-refractivity contribution < 1.29 is 41.5 Å². The maximum atomic E-state index is 14.7. The van der Waals surface area contributed by atoms with Crippen molar-refractivity contribution in [2.75, 3.05) is 13.7 Å². The summed E-state index contributed by atoms with van der Waals surface area (Å²) in [6, 6.07) is 9.68. The fourth-order valence-corrected chi connectivity index (χ4v) is 9.22. The number of amides is 4.